The molecule has 0 aliphatic rings. The van der Waals surface area contributed by atoms with Gasteiger partial charge in [0.2, 0.25) is 0 Å². The van der Waals surface area contributed by atoms with Gasteiger partial charge in [0.15, 0.2) is 0 Å². The molecule has 0 radical (unpaired) electrons. The zero-order chi connectivity index (χ0) is 18.6. The van der Waals surface area contributed by atoms with Crippen molar-refractivity contribution in [2.45, 2.75) is 0 Å². The molecule has 0 bridgehead atoms. The molecular weight excluding hydrogens is 359 g/mol. The van der Waals surface area contributed by atoms with E-state index >= 15 is 0 Å². The molecule has 132 valence electrons. The summed E-state index contributed by atoms with van der Waals surface area (Å²) in [5.74, 6) is 0.152. The van der Waals surface area contributed by atoms with Crippen LogP contribution in [-0.4, -0.2) is 50.8 Å². The fourth-order valence-electron chi connectivity index (χ4n) is 1.99. The normalized spacial score (nSPS) is 11.4. The molecule has 0 fully saturated rings. The molecule has 0 heterocycles. The highest BCUT2D eigenvalue weighted by atomic mass is 35.5. The zero-order valence-corrected chi connectivity index (χ0v) is 16.0. The van der Waals surface area contributed by atoms with Gasteiger partial charge in [-0.1, -0.05) is 23.2 Å². The van der Waals surface area contributed by atoms with Crippen molar-refractivity contribution >= 4 is 52.8 Å². The second kappa shape index (κ2) is 8.23. The van der Waals surface area contributed by atoms with Crippen molar-refractivity contribution in [3.63, 3.8) is 0 Å². The number of aromatic hydroxyl groups is 1. The van der Waals surface area contributed by atoms with Crippen molar-refractivity contribution in [1.29, 1.82) is 0 Å². The quantitative estimate of drug-likeness (QED) is 0.603. The molecule has 0 saturated heterocycles. The van der Waals surface area contributed by atoms with Crippen molar-refractivity contribution in [2.75, 3.05) is 33.1 Å². The van der Waals surface area contributed by atoms with E-state index in [9.17, 15) is 5.11 Å². The van der Waals surface area contributed by atoms with Gasteiger partial charge in [0.1, 0.15) is 11.4 Å². The summed E-state index contributed by atoms with van der Waals surface area (Å²) >= 11 is 12.5. The first-order chi connectivity index (χ1) is 11.8. The molecule has 0 atom stereocenters. The number of benzene rings is 2. The fourth-order valence-corrected chi connectivity index (χ4v) is 2.56. The maximum absolute atomic E-state index is 10.1. The van der Waals surface area contributed by atoms with E-state index in [-0.39, 0.29) is 5.75 Å². The molecule has 2 rings (SSSR count). The highest BCUT2D eigenvalue weighted by Crippen LogP contribution is 2.37. The molecule has 0 saturated carbocycles. The number of nitrogens with zero attached hydrogens (tertiary/aromatic N) is 4. The van der Waals surface area contributed by atoms with Gasteiger partial charge in [0.25, 0.3) is 0 Å². The Morgan fingerprint density at radius 2 is 1.60 bits per heavy atom. The number of anilines is 1. The molecule has 0 aliphatic heterocycles. The van der Waals surface area contributed by atoms with E-state index in [1.165, 1.54) is 0 Å². The zero-order valence-electron chi connectivity index (χ0n) is 14.5. The average Bonchev–Trinajstić information content (AvgIpc) is 2.52. The Balaban J connectivity index is 2.27. The first-order valence-electron chi connectivity index (χ1n) is 7.52. The predicted molar refractivity (Wildman–Crippen MR) is 108 cm³/mol. The molecule has 2 aromatic carbocycles. The molecule has 1 N–H and O–H groups in total. The summed E-state index contributed by atoms with van der Waals surface area (Å²) in [5, 5.41) is 10.9. The van der Waals surface area contributed by atoms with Crippen LogP contribution in [0.25, 0.3) is 0 Å². The highest BCUT2D eigenvalue weighted by Gasteiger charge is 2.07. The van der Waals surface area contributed by atoms with E-state index < -0.39 is 0 Å². The molecule has 0 amide bonds. The number of hydrogen-bond acceptors (Lipinski definition) is 4. The summed E-state index contributed by atoms with van der Waals surface area (Å²) in [6.07, 6.45) is 3.19. The number of aliphatic imine (C=N–C) groups is 2. The van der Waals surface area contributed by atoms with Gasteiger partial charge in [-0.25, -0.2) is 4.99 Å². The molecule has 0 unspecified atom stereocenters. The third kappa shape index (κ3) is 5.11. The van der Waals surface area contributed by atoms with E-state index in [4.69, 9.17) is 23.2 Å². The van der Waals surface area contributed by atoms with E-state index in [2.05, 4.69) is 9.98 Å². The molecule has 0 spiro atoms. The lowest BCUT2D eigenvalue weighted by molar-refractivity contribution is 0.474. The van der Waals surface area contributed by atoms with Gasteiger partial charge in [0, 0.05) is 51.7 Å². The molecule has 25 heavy (non-hydrogen) atoms. The molecule has 5 nitrogen and oxygen atoms in total. The van der Waals surface area contributed by atoms with Gasteiger partial charge in [-0.05, 0) is 24.3 Å². The van der Waals surface area contributed by atoms with Gasteiger partial charge in [-0.2, -0.15) is 0 Å². The highest BCUT2D eigenvalue weighted by molar-refractivity contribution is 6.39. The standard InChI is InChI=1S/C18H20Cl2N4O/c1-23(2)11-22-18-15(19)7-13(8-16(18)20)21-10-12-5-6-14(24(3)4)9-17(12)25/h5-11,25H,1-4H3. The van der Waals surface area contributed by atoms with Crippen LogP contribution in [0.1, 0.15) is 5.56 Å². The lowest BCUT2D eigenvalue weighted by Gasteiger charge is -2.13. The number of hydrogen-bond donors (Lipinski definition) is 1. The Kier molecular flexibility index (Phi) is 6.28. The van der Waals surface area contributed by atoms with Gasteiger partial charge in [-0.3, -0.25) is 4.99 Å². The Morgan fingerprint density at radius 3 is 2.12 bits per heavy atom. The first-order valence-corrected chi connectivity index (χ1v) is 8.27. The van der Waals surface area contributed by atoms with E-state index in [0.29, 0.717) is 27.0 Å². The van der Waals surface area contributed by atoms with Crippen LogP contribution in [0.4, 0.5) is 17.1 Å². The maximum Gasteiger partial charge on any atom is 0.126 e. The number of phenols is 1. The summed E-state index contributed by atoms with van der Waals surface area (Å²) in [4.78, 5) is 12.3. The second-order valence-electron chi connectivity index (χ2n) is 5.86. The lowest BCUT2D eigenvalue weighted by Crippen LogP contribution is -2.08. The van der Waals surface area contributed by atoms with Crippen molar-refractivity contribution in [3.05, 3.63) is 45.9 Å². The minimum atomic E-state index is 0.152. The molecule has 0 aliphatic carbocycles. The molecule has 2 aromatic rings. The van der Waals surface area contributed by atoms with Crippen LogP contribution in [0.2, 0.25) is 10.0 Å². The van der Waals surface area contributed by atoms with Gasteiger partial charge in [0.05, 0.1) is 22.1 Å². The SMILES string of the molecule is CN(C)C=Nc1c(Cl)cc(N=Cc2ccc(N(C)C)cc2O)cc1Cl. The second-order valence-corrected chi connectivity index (χ2v) is 6.68. The minimum absolute atomic E-state index is 0.152. The number of rotatable bonds is 5. The fraction of sp³-hybridized carbons (Fsp3) is 0.222. The van der Waals surface area contributed by atoms with Crippen molar-refractivity contribution in [1.82, 2.24) is 4.90 Å². The lowest BCUT2D eigenvalue weighted by atomic mass is 10.2. The summed E-state index contributed by atoms with van der Waals surface area (Å²) in [5.41, 5.74) is 2.58. The van der Waals surface area contributed by atoms with E-state index in [1.54, 1.807) is 41.7 Å². The van der Waals surface area contributed by atoms with E-state index in [1.807, 2.05) is 39.2 Å². The minimum Gasteiger partial charge on any atom is -0.507 e. The number of phenolic OH excluding ortho intramolecular Hbond substituents is 1. The van der Waals surface area contributed by atoms with Gasteiger partial charge >= 0.3 is 0 Å². The predicted octanol–water partition coefficient (Wildman–Crippen LogP) is 4.74. The summed E-state index contributed by atoms with van der Waals surface area (Å²) in [6.45, 7) is 0. The van der Waals surface area contributed by atoms with Gasteiger partial charge < -0.3 is 14.9 Å². The molecule has 7 heteroatoms. The monoisotopic (exact) mass is 378 g/mol. The Labute approximate surface area is 157 Å². The smallest absolute Gasteiger partial charge is 0.126 e. The number of halogens is 2. The van der Waals surface area contributed by atoms with Crippen molar-refractivity contribution in [2.24, 2.45) is 9.98 Å². The van der Waals surface area contributed by atoms with Crippen LogP contribution in [-0.2, 0) is 0 Å². The van der Waals surface area contributed by atoms with Crippen LogP contribution in [0, 0.1) is 0 Å². The Hall–Kier alpha value is -2.24. The first kappa shape index (κ1) is 19.1. The molecule has 0 aromatic heterocycles. The van der Waals surface area contributed by atoms with Gasteiger partial charge in [-0.15, -0.1) is 0 Å². The van der Waals surface area contributed by atoms with Crippen LogP contribution in [0.3, 0.4) is 0 Å². The van der Waals surface area contributed by atoms with Crippen LogP contribution >= 0.6 is 23.2 Å². The Bertz CT molecular complexity index is 794. The maximum atomic E-state index is 10.1. The topological polar surface area (TPSA) is 51.4 Å². The molecular formula is C18H20Cl2N4O. The summed E-state index contributed by atoms with van der Waals surface area (Å²) in [7, 11) is 7.54. The third-order valence-corrected chi connectivity index (χ3v) is 3.88. The summed E-state index contributed by atoms with van der Waals surface area (Å²) < 4.78 is 0. The van der Waals surface area contributed by atoms with Crippen LogP contribution < -0.4 is 4.90 Å². The van der Waals surface area contributed by atoms with Crippen LogP contribution in [0.5, 0.6) is 5.75 Å². The largest absolute Gasteiger partial charge is 0.507 e. The average molecular weight is 379 g/mol. The summed E-state index contributed by atoms with van der Waals surface area (Å²) in [6, 6.07) is 8.74. The Morgan fingerprint density at radius 1 is 0.960 bits per heavy atom. The van der Waals surface area contributed by atoms with Crippen molar-refractivity contribution in [3.8, 4) is 5.75 Å². The van der Waals surface area contributed by atoms with E-state index in [0.717, 1.165) is 5.69 Å². The van der Waals surface area contributed by atoms with Crippen LogP contribution in [0.15, 0.2) is 40.3 Å². The van der Waals surface area contributed by atoms with Crippen molar-refractivity contribution < 1.29 is 5.11 Å². The third-order valence-electron chi connectivity index (χ3n) is 3.30.